The monoisotopic (exact) mass is 363 g/mol. The molecule has 0 saturated carbocycles. The second-order valence-corrected chi connectivity index (χ2v) is 7.42. The summed E-state index contributed by atoms with van der Waals surface area (Å²) >= 11 is 0. The highest BCUT2D eigenvalue weighted by Crippen LogP contribution is 2.38. The summed E-state index contributed by atoms with van der Waals surface area (Å²) in [6.07, 6.45) is -0.284. The molecule has 0 fully saturated rings. The summed E-state index contributed by atoms with van der Waals surface area (Å²) in [7, 11) is -4.03. The van der Waals surface area contributed by atoms with Crippen LogP contribution in [-0.4, -0.2) is 31.2 Å². The molecule has 2 aromatic carbocycles. The van der Waals surface area contributed by atoms with Gasteiger partial charge in [-0.2, -0.15) is 0 Å². The number of aliphatic hydroxyl groups excluding tert-OH is 1. The molecule has 0 radical (unpaired) electrons. The van der Waals surface area contributed by atoms with Crippen LogP contribution in [-0.2, 0) is 10.0 Å². The van der Waals surface area contributed by atoms with Crippen LogP contribution in [0.2, 0.25) is 0 Å². The molecule has 1 atom stereocenters. The van der Waals surface area contributed by atoms with Gasteiger partial charge in [0.2, 0.25) is 0 Å². The Kier molecular flexibility index (Phi) is 4.40. The Hall–Kier alpha value is -2.58. The fraction of sp³-hybridized carbons (Fsp3) is 0.235. The second-order valence-electron chi connectivity index (χ2n) is 5.77. The summed E-state index contributed by atoms with van der Waals surface area (Å²) in [5.41, 5.74) is 1.02. The average Bonchev–Trinajstić information content (AvgIpc) is 2.55. The van der Waals surface area contributed by atoms with Crippen LogP contribution in [0.1, 0.15) is 34.0 Å². The molecule has 132 valence electrons. The zero-order chi connectivity index (χ0) is 18.2. The van der Waals surface area contributed by atoms with Crippen molar-refractivity contribution < 1.29 is 28.2 Å². The number of nitrogens with one attached hydrogen (secondary N) is 1. The van der Waals surface area contributed by atoms with E-state index in [-0.39, 0.29) is 28.5 Å². The molecule has 3 rings (SSSR count). The van der Waals surface area contributed by atoms with Gasteiger partial charge < -0.3 is 14.9 Å². The van der Waals surface area contributed by atoms with Crippen LogP contribution in [0.5, 0.6) is 5.75 Å². The van der Waals surface area contributed by atoms with Crippen molar-refractivity contribution in [2.75, 3.05) is 11.3 Å². The topological polar surface area (TPSA) is 113 Å². The number of ether oxygens (including phenoxy) is 1. The van der Waals surface area contributed by atoms with Gasteiger partial charge in [-0.1, -0.05) is 18.2 Å². The van der Waals surface area contributed by atoms with Crippen LogP contribution >= 0.6 is 0 Å². The molecule has 0 amide bonds. The molecule has 1 aliphatic heterocycles. The number of hydrogen-bond donors (Lipinski definition) is 3. The number of carboxylic acids is 1. The molecule has 0 aliphatic carbocycles. The van der Waals surface area contributed by atoms with E-state index in [1.165, 1.54) is 18.2 Å². The van der Waals surface area contributed by atoms with Crippen molar-refractivity contribution in [2.24, 2.45) is 0 Å². The number of carbonyl (C=O) groups is 1. The highest BCUT2D eigenvalue weighted by Gasteiger charge is 2.25. The zero-order valence-corrected chi connectivity index (χ0v) is 14.2. The molecule has 0 unspecified atom stereocenters. The molecule has 0 bridgehead atoms. The largest absolute Gasteiger partial charge is 0.491 e. The molecule has 0 aromatic heterocycles. The van der Waals surface area contributed by atoms with Crippen molar-refractivity contribution in [3.05, 3.63) is 53.1 Å². The fourth-order valence-electron chi connectivity index (χ4n) is 2.71. The lowest BCUT2D eigenvalue weighted by Crippen LogP contribution is -2.19. The van der Waals surface area contributed by atoms with Crippen molar-refractivity contribution >= 4 is 21.7 Å². The molecular formula is C17H17NO6S. The van der Waals surface area contributed by atoms with Crippen LogP contribution in [0.15, 0.2) is 41.3 Å². The first-order valence-corrected chi connectivity index (χ1v) is 9.08. The first-order chi connectivity index (χ1) is 11.8. The number of anilines is 1. The molecule has 2 aromatic rings. The summed E-state index contributed by atoms with van der Waals surface area (Å²) in [5.74, 6) is -0.920. The van der Waals surface area contributed by atoms with Crippen molar-refractivity contribution in [1.29, 1.82) is 0 Å². The van der Waals surface area contributed by atoms with Gasteiger partial charge in [-0.3, -0.25) is 4.72 Å². The Morgan fingerprint density at radius 2 is 2.04 bits per heavy atom. The third-order valence-electron chi connectivity index (χ3n) is 4.01. The van der Waals surface area contributed by atoms with E-state index in [9.17, 15) is 18.3 Å². The standard InChI is InChI=1S/C17H17NO6S/c1-10-5-6-11(17(20)21)9-15(10)25(22,23)18-13-4-2-3-12-14(19)7-8-24-16(12)13/h2-6,9,14,18-19H,7-8H2,1H3,(H,20,21)/t14-/m0/s1. The molecule has 0 spiro atoms. The zero-order valence-electron chi connectivity index (χ0n) is 13.4. The van der Waals surface area contributed by atoms with Gasteiger partial charge in [-0.15, -0.1) is 0 Å². The van der Waals surface area contributed by atoms with Crippen LogP contribution in [0, 0.1) is 6.92 Å². The van der Waals surface area contributed by atoms with E-state index in [4.69, 9.17) is 9.84 Å². The number of aryl methyl sites for hydroxylation is 1. The van der Waals surface area contributed by atoms with Gasteiger partial charge in [-0.25, -0.2) is 13.2 Å². The van der Waals surface area contributed by atoms with Gasteiger partial charge >= 0.3 is 5.97 Å². The lowest BCUT2D eigenvalue weighted by molar-refractivity contribution is 0.0696. The SMILES string of the molecule is Cc1ccc(C(=O)O)cc1S(=O)(=O)Nc1cccc2c1OCC[C@@H]2O. The van der Waals surface area contributed by atoms with Crippen LogP contribution in [0.3, 0.4) is 0 Å². The van der Waals surface area contributed by atoms with E-state index in [0.717, 1.165) is 6.07 Å². The summed E-state index contributed by atoms with van der Waals surface area (Å²) in [4.78, 5) is 11.0. The van der Waals surface area contributed by atoms with E-state index < -0.39 is 22.1 Å². The number of fused-ring (bicyclic) bond motifs is 1. The molecule has 1 heterocycles. The maximum absolute atomic E-state index is 12.7. The maximum atomic E-state index is 12.7. The lowest BCUT2D eigenvalue weighted by atomic mass is 10.0. The first-order valence-electron chi connectivity index (χ1n) is 7.60. The van der Waals surface area contributed by atoms with Crippen molar-refractivity contribution in [1.82, 2.24) is 0 Å². The second kappa shape index (κ2) is 6.38. The van der Waals surface area contributed by atoms with E-state index >= 15 is 0 Å². The van der Waals surface area contributed by atoms with Crippen LogP contribution in [0.25, 0.3) is 0 Å². The number of benzene rings is 2. The molecule has 7 nitrogen and oxygen atoms in total. The highest BCUT2D eigenvalue weighted by atomic mass is 32.2. The Bertz CT molecular complexity index is 938. The minimum absolute atomic E-state index is 0.118. The number of rotatable bonds is 4. The Labute approximate surface area is 144 Å². The third kappa shape index (κ3) is 3.31. The minimum atomic E-state index is -4.03. The molecule has 3 N–H and O–H groups in total. The Morgan fingerprint density at radius 3 is 2.76 bits per heavy atom. The predicted molar refractivity (Wildman–Crippen MR) is 90.5 cm³/mol. The smallest absolute Gasteiger partial charge is 0.335 e. The quantitative estimate of drug-likeness (QED) is 0.768. The van der Waals surface area contributed by atoms with Crippen LogP contribution < -0.4 is 9.46 Å². The number of para-hydroxylation sites is 1. The Balaban J connectivity index is 2.02. The van der Waals surface area contributed by atoms with Gasteiger partial charge in [0.1, 0.15) is 5.75 Å². The molecule has 0 saturated heterocycles. The van der Waals surface area contributed by atoms with Gasteiger partial charge in [-0.05, 0) is 30.7 Å². The van der Waals surface area contributed by atoms with Gasteiger partial charge in [0.15, 0.2) is 0 Å². The molecule has 25 heavy (non-hydrogen) atoms. The first kappa shape index (κ1) is 17.2. The summed E-state index contributed by atoms with van der Waals surface area (Å²) in [5, 5.41) is 19.1. The normalized spacial score (nSPS) is 16.6. The average molecular weight is 363 g/mol. The summed E-state index contributed by atoms with van der Waals surface area (Å²) in [6, 6.07) is 8.73. The van der Waals surface area contributed by atoms with Gasteiger partial charge in [0.05, 0.1) is 28.9 Å². The van der Waals surface area contributed by atoms with E-state index in [0.29, 0.717) is 17.5 Å². The summed E-state index contributed by atoms with van der Waals surface area (Å²) in [6.45, 7) is 1.86. The van der Waals surface area contributed by atoms with Gasteiger partial charge in [0.25, 0.3) is 10.0 Å². The highest BCUT2D eigenvalue weighted by molar-refractivity contribution is 7.92. The number of carboxylic acid groups (broad SMARTS) is 1. The van der Waals surface area contributed by atoms with Crippen LogP contribution in [0.4, 0.5) is 5.69 Å². The fourth-order valence-corrected chi connectivity index (χ4v) is 4.04. The van der Waals surface area contributed by atoms with Gasteiger partial charge in [0, 0.05) is 12.0 Å². The van der Waals surface area contributed by atoms with Crippen molar-refractivity contribution in [3.63, 3.8) is 0 Å². The number of aromatic carboxylic acids is 1. The predicted octanol–water partition coefficient (Wildman–Crippen LogP) is 2.31. The van der Waals surface area contributed by atoms with E-state index in [1.807, 2.05) is 0 Å². The molecular weight excluding hydrogens is 346 g/mol. The Morgan fingerprint density at radius 1 is 1.28 bits per heavy atom. The molecule has 1 aliphatic rings. The maximum Gasteiger partial charge on any atom is 0.335 e. The van der Waals surface area contributed by atoms with E-state index in [1.54, 1.807) is 19.1 Å². The van der Waals surface area contributed by atoms with Crippen molar-refractivity contribution in [3.8, 4) is 5.75 Å². The van der Waals surface area contributed by atoms with Crippen molar-refractivity contribution in [2.45, 2.75) is 24.3 Å². The molecule has 8 heteroatoms. The number of aliphatic hydroxyl groups is 1. The van der Waals surface area contributed by atoms with E-state index in [2.05, 4.69) is 4.72 Å². The number of hydrogen-bond acceptors (Lipinski definition) is 5. The lowest BCUT2D eigenvalue weighted by Gasteiger charge is -2.24. The summed E-state index contributed by atoms with van der Waals surface area (Å²) < 4.78 is 33.4. The third-order valence-corrected chi connectivity index (χ3v) is 5.52. The number of sulfonamides is 1. The minimum Gasteiger partial charge on any atom is -0.491 e.